The third kappa shape index (κ3) is 3.43. The van der Waals surface area contributed by atoms with Crippen molar-refractivity contribution in [1.29, 1.82) is 0 Å². The summed E-state index contributed by atoms with van der Waals surface area (Å²) in [5.41, 5.74) is -2.24. The Morgan fingerprint density at radius 1 is 1.28 bits per heavy atom. The van der Waals surface area contributed by atoms with Crippen LogP contribution < -0.4 is 5.32 Å². The summed E-state index contributed by atoms with van der Waals surface area (Å²) in [7, 11) is 1.50. The molecule has 0 bridgehead atoms. The van der Waals surface area contributed by atoms with Crippen molar-refractivity contribution in [3.8, 4) is 0 Å². The maximum Gasteiger partial charge on any atom is 0.435 e. The Hall–Kier alpha value is -2.04. The molecule has 0 spiro atoms. The van der Waals surface area contributed by atoms with Gasteiger partial charge in [0.05, 0.1) is 25.2 Å². The Morgan fingerprint density at radius 3 is 2.55 bits per heavy atom. The Labute approximate surface area is 177 Å². The number of fused-ring (bicyclic) bond motifs is 1. The lowest BCUT2D eigenvalue weighted by atomic mass is 9.89. The fourth-order valence-electron chi connectivity index (χ4n) is 3.27. The van der Waals surface area contributed by atoms with Crippen LogP contribution in [0.15, 0.2) is 23.4 Å². The highest BCUT2D eigenvalue weighted by Crippen LogP contribution is 2.50. The number of benzene rings is 1. The molecule has 0 radical (unpaired) electrons. The number of carbonyl (C=O) groups excluding carboxylic acids is 1. The van der Waals surface area contributed by atoms with Gasteiger partial charge in [0.15, 0.2) is 5.01 Å². The second-order valence-corrected chi connectivity index (χ2v) is 8.54. The highest BCUT2D eigenvalue weighted by molar-refractivity contribution is 7.13. The van der Waals surface area contributed by atoms with Crippen molar-refractivity contribution in [2.75, 3.05) is 7.05 Å². The van der Waals surface area contributed by atoms with Crippen LogP contribution in [0.5, 0.6) is 0 Å². The van der Waals surface area contributed by atoms with Crippen LogP contribution >= 0.6 is 34.5 Å². The van der Waals surface area contributed by atoms with E-state index in [9.17, 15) is 18.0 Å². The molecule has 0 aliphatic carbocycles. The molecule has 6 nitrogen and oxygen atoms in total. The average molecular weight is 465 g/mol. The molecule has 2 aromatic rings. The lowest BCUT2D eigenvalue weighted by Gasteiger charge is -2.30. The summed E-state index contributed by atoms with van der Waals surface area (Å²) in [5.74, 6) is -0.156. The number of nitrogens with one attached hydrogen (secondary N) is 1. The fraction of sp³-hybridized carbons (Fsp3) is 0.353. The number of alkyl halides is 3. The Morgan fingerprint density at radius 2 is 1.97 bits per heavy atom. The molecule has 29 heavy (non-hydrogen) atoms. The summed E-state index contributed by atoms with van der Waals surface area (Å²) in [6, 6.07) is 3.70. The van der Waals surface area contributed by atoms with E-state index >= 15 is 0 Å². The van der Waals surface area contributed by atoms with Crippen LogP contribution in [-0.4, -0.2) is 34.9 Å². The topological polar surface area (TPSA) is 66.8 Å². The third-order valence-electron chi connectivity index (χ3n) is 4.74. The van der Waals surface area contributed by atoms with E-state index in [1.807, 2.05) is 0 Å². The highest BCUT2D eigenvalue weighted by Gasteiger charge is 2.63. The standard InChI is InChI=1S/C17H13Cl2F3N4O2S/c1-23-14(27)15-24-11-6-26(7-12(11)29-15)13-5-16(28-25-13,17(20,21)22)8-2-9(18)4-10(19)3-8/h2-4H,5-7H2,1H3,(H,23,27). The van der Waals surface area contributed by atoms with Crippen molar-refractivity contribution < 1.29 is 22.8 Å². The first-order valence-electron chi connectivity index (χ1n) is 8.37. The smallest absolute Gasteiger partial charge is 0.372 e. The molecular formula is C17H13Cl2F3N4O2S. The van der Waals surface area contributed by atoms with Crippen molar-refractivity contribution in [1.82, 2.24) is 15.2 Å². The molecule has 1 N–H and O–H groups in total. The van der Waals surface area contributed by atoms with Crippen molar-refractivity contribution in [3.63, 3.8) is 0 Å². The van der Waals surface area contributed by atoms with Gasteiger partial charge in [0.2, 0.25) is 0 Å². The molecule has 12 heteroatoms. The molecule has 1 aromatic carbocycles. The second-order valence-electron chi connectivity index (χ2n) is 6.58. The summed E-state index contributed by atoms with van der Waals surface area (Å²) < 4.78 is 42.2. The van der Waals surface area contributed by atoms with Gasteiger partial charge >= 0.3 is 6.18 Å². The first-order chi connectivity index (χ1) is 13.6. The molecule has 1 aromatic heterocycles. The second kappa shape index (κ2) is 7.03. The minimum atomic E-state index is -4.75. The average Bonchev–Trinajstić information content (AvgIpc) is 3.32. The number of amidine groups is 1. The van der Waals surface area contributed by atoms with Gasteiger partial charge in [0.1, 0.15) is 5.84 Å². The minimum Gasteiger partial charge on any atom is -0.372 e. The first kappa shape index (κ1) is 20.2. The molecule has 1 amide bonds. The molecule has 1 atom stereocenters. The molecule has 0 saturated heterocycles. The predicted molar refractivity (Wildman–Crippen MR) is 102 cm³/mol. The zero-order valence-electron chi connectivity index (χ0n) is 14.8. The van der Waals surface area contributed by atoms with E-state index in [-0.39, 0.29) is 33.9 Å². The molecule has 154 valence electrons. The van der Waals surface area contributed by atoms with Crippen molar-refractivity contribution in [3.05, 3.63) is 49.4 Å². The van der Waals surface area contributed by atoms with Gasteiger partial charge < -0.3 is 15.1 Å². The number of carbonyl (C=O) groups is 1. The monoisotopic (exact) mass is 464 g/mol. The van der Waals surface area contributed by atoms with Gasteiger partial charge in [-0.15, -0.1) is 11.3 Å². The summed E-state index contributed by atoms with van der Waals surface area (Å²) >= 11 is 13.0. The Balaban J connectivity index is 1.59. The lowest BCUT2D eigenvalue weighted by Crippen LogP contribution is -2.43. The van der Waals surface area contributed by atoms with Crippen LogP contribution in [-0.2, 0) is 23.5 Å². The van der Waals surface area contributed by atoms with Crippen molar-refractivity contribution >= 4 is 46.3 Å². The number of nitrogens with zero attached hydrogens (tertiary/aromatic N) is 3. The molecule has 3 heterocycles. The molecule has 1 unspecified atom stereocenters. The number of hydrogen-bond acceptors (Lipinski definition) is 6. The molecule has 0 fully saturated rings. The van der Waals surface area contributed by atoms with Gasteiger partial charge in [-0.25, -0.2) is 4.98 Å². The number of thiazole rings is 1. The number of amides is 1. The van der Waals surface area contributed by atoms with Gasteiger partial charge in [0.25, 0.3) is 11.5 Å². The van der Waals surface area contributed by atoms with Gasteiger partial charge in [-0.2, -0.15) is 13.2 Å². The van der Waals surface area contributed by atoms with Crippen LogP contribution in [0.2, 0.25) is 10.0 Å². The molecule has 2 aliphatic heterocycles. The van der Waals surface area contributed by atoms with Gasteiger partial charge in [-0.05, 0) is 18.2 Å². The van der Waals surface area contributed by atoms with Crippen LogP contribution in [0.3, 0.4) is 0 Å². The van der Waals surface area contributed by atoms with E-state index in [1.54, 1.807) is 4.90 Å². The number of rotatable bonds is 2. The number of halogens is 5. The molecular weight excluding hydrogens is 452 g/mol. The summed E-state index contributed by atoms with van der Waals surface area (Å²) in [5, 5.41) is 6.70. The van der Waals surface area contributed by atoms with Crippen molar-refractivity contribution in [2.24, 2.45) is 5.16 Å². The predicted octanol–water partition coefficient (Wildman–Crippen LogP) is 4.32. The molecule has 4 rings (SSSR count). The van der Waals surface area contributed by atoms with Crippen LogP contribution in [0.1, 0.15) is 32.4 Å². The molecule has 0 saturated carbocycles. The highest BCUT2D eigenvalue weighted by atomic mass is 35.5. The van der Waals surface area contributed by atoms with Gasteiger partial charge in [-0.3, -0.25) is 4.79 Å². The van der Waals surface area contributed by atoms with Gasteiger partial charge in [0, 0.05) is 27.5 Å². The largest absolute Gasteiger partial charge is 0.435 e. The zero-order chi connectivity index (χ0) is 21.0. The summed E-state index contributed by atoms with van der Waals surface area (Å²) in [6.07, 6.45) is -5.27. The third-order valence-corrected chi connectivity index (χ3v) is 6.26. The maximum absolute atomic E-state index is 14.1. The van der Waals surface area contributed by atoms with E-state index in [4.69, 9.17) is 28.0 Å². The van der Waals surface area contributed by atoms with Gasteiger partial charge in [-0.1, -0.05) is 28.4 Å². The van der Waals surface area contributed by atoms with E-state index in [2.05, 4.69) is 15.5 Å². The summed E-state index contributed by atoms with van der Waals surface area (Å²) in [6.45, 7) is 0.547. The fourth-order valence-corrected chi connectivity index (χ4v) is 4.83. The Kier molecular flexibility index (Phi) is 4.91. The maximum atomic E-state index is 14.1. The van der Waals surface area contributed by atoms with E-state index < -0.39 is 18.2 Å². The van der Waals surface area contributed by atoms with Crippen LogP contribution in [0.4, 0.5) is 13.2 Å². The minimum absolute atomic E-state index is 0.0717. The zero-order valence-corrected chi connectivity index (χ0v) is 17.1. The number of oxime groups is 1. The summed E-state index contributed by atoms with van der Waals surface area (Å²) in [4.78, 5) is 23.4. The van der Waals surface area contributed by atoms with Crippen molar-refractivity contribution in [2.45, 2.75) is 31.3 Å². The van der Waals surface area contributed by atoms with Crippen LogP contribution in [0, 0.1) is 0 Å². The quantitative estimate of drug-likeness (QED) is 0.718. The first-order valence-corrected chi connectivity index (χ1v) is 9.94. The SMILES string of the molecule is CNC(=O)c1nc2c(s1)CN(C1=NOC(c3cc(Cl)cc(Cl)c3)(C(F)(F)F)C1)C2. The van der Waals surface area contributed by atoms with Crippen LogP contribution in [0.25, 0.3) is 0 Å². The molecule has 2 aliphatic rings. The number of hydrogen-bond donors (Lipinski definition) is 1. The number of aromatic nitrogens is 1. The lowest BCUT2D eigenvalue weighted by molar-refractivity contribution is -0.275. The van der Waals surface area contributed by atoms with E-state index in [0.29, 0.717) is 17.2 Å². The normalized spacial score (nSPS) is 21.0. The van der Waals surface area contributed by atoms with E-state index in [1.165, 1.54) is 36.6 Å². The van der Waals surface area contributed by atoms with E-state index in [0.717, 1.165) is 4.88 Å². The Bertz CT molecular complexity index is 983.